The van der Waals surface area contributed by atoms with Crippen LogP contribution in [0, 0.1) is 0 Å². The maximum Gasteiger partial charge on any atom is 0.239 e. The summed E-state index contributed by atoms with van der Waals surface area (Å²) in [7, 11) is 0. The Hall–Kier alpha value is -1.50. The van der Waals surface area contributed by atoms with Gasteiger partial charge >= 0.3 is 0 Å². The maximum atomic E-state index is 9.70. The summed E-state index contributed by atoms with van der Waals surface area (Å²) in [5.74, 6) is 0. The van der Waals surface area contributed by atoms with E-state index in [0.717, 1.165) is 32.1 Å². The van der Waals surface area contributed by atoms with Crippen LogP contribution in [0.1, 0.15) is 32.1 Å². The number of aliphatic imine (C=N–C) groups is 2. The molecule has 0 aliphatic carbocycles. The quantitative estimate of drug-likeness (QED) is 0.337. The van der Waals surface area contributed by atoms with Crippen LogP contribution in [0.2, 0.25) is 0 Å². The predicted octanol–water partition coefficient (Wildman–Crippen LogP) is 2.12. The molecule has 0 bridgehead atoms. The van der Waals surface area contributed by atoms with E-state index in [1.807, 2.05) is 6.08 Å². The molecule has 4 heteroatoms. The van der Waals surface area contributed by atoms with Gasteiger partial charge in [0.15, 0.2) is 0 Å². The average Bonchev–Trinajstić information content (AvgIpc) is 2.21. The Morgan fingerprint density at radius 1 is 1.00 bits per heavy atom. The van der Waals surface area contributed by atoms with Crippen LogP contribution in [0.4, 0.5) is 0 Å². The first-order chi connectivity index (χ1) is 6.91. The van der Waals surface area contributed by atoms with Crippen molar-refractivity contribution in [1.82, 2.24) is 0 Å². The van der Waals surface area contributed by atoms with E-state index in [9.17, 15) is 9.59 Å². The molecule has 0 unspecified atom stereocenters. The second-order valence-electron chi connectivity index (χ2n) is 2.78. The molecule has 0 aromatic carbocycles. The van der Waals surface area contributed by atoms with Gasteiger partial charge in [0.25, 0.3) is 0 Å². The molecular weight excluding hydrogens is 180 g/mol. The normalized spacial score (nSPS) is 9.43. The van der Waals surface area contributed by atoms with Gasteiger partial charge in [0.05, 0.1) is 6.54 Å². The number of allylic oxidation sites excluding steroid dienone is 1. The number of hydrogen-bond acceptors (Lipinski definition) is 4. The van der Waals surface area contributed by atoms with Gasteiger partial charge in [-0.05, 0) is 19.3 Å². The molecule has 0 atom stereocenters. The van der Waals surface area contributed by atoms with E-state index in [1.165, 1.54) is 18.4 Å². The predicted molar refractivity (Wildman–Crippen MR) is 53.3 cm³/mol. The molecule has 0 N–H and O–H groups in total. The average molecular weight is 194 g/mol. The smallest absolute Gasteiger partial charge is 0.211 e. The van der Waals surface area contributed by atoms with Gasteiger partial charge in [-0.25, -0.2) is 14.6 Å². The second kappa shape index (κ2) is 11.5. The first kappa shape index (κ1) is 12.5. The van der Waals surface area contributed by atoms with Crippen molar-refractivity contribution in [1.29, 1.82) is 0 Å². The lowest BCUT2D eigenvalue weighted by Crippen LogP contribution is -1.81. The van der Waals surface area contributed by atoms with Crippen molar-refractivity contribution < 1.29 is 9.59 Å². The van der Waals surface area contributed by atoms with Crippen molar-refractivity contribution in [2.24, 2.45) is 9.98 Å². The number of nitrogens with zero attached hydrogens (tertiary/aromatic N) is 2. The third-order valence-electron chi connectivity index (χ3n) is 1.69. The molecule has 76 valence electrons. The molecule has 0 aromatic rings. The van der Waals surface area contributed by atoms with Gasteiger partial charge in [0.1, 0.15) is 0 Å². The lowest BCUT2D eigenvalue weighted by molar-refractivity contribution is 0.560. The Morgan fingerprint density at radius 3 is 2.50 bits per heavy atom. The molecule has 0 rings (SSSR count). The van der Waals surface area contributed by atoms with Crippen LogP contribution in [0.25, 0.3) is 0 Å². The molecule has 0 radical (unpaired) electrons. The minimum atomic E-state index is 0.578. The maximum absolute atomic E-state index is 9.70. The number of rotatable bonds is 8. The fourth-order valence-electron chi connectivity index (χ4n) is 1.01. The van der Waals surface area contributed by atoms with Crippen LogP contribution in [-0.4, -0.2) is 18.7 Å². The molecule has 0 spiro atoms. The van der Waals surface area contributed by atoms with Crippen molar-refractivity contribution in [2.45, 2.75) is 32.1 Å². The zero-order chi connectivity index (χ0) is 10.5. The van der Waals surface area contributed by atoms with Crippen molar-refractivity contribution in [3.05, 3.63) is 12.3 Å². The van der Waals surface area contributed by atoms with Gasteiger partial charge in [-0.2, -0.15) is 4.99 Å². The van der Waals surface area contributed by atoms with E-state index in [2.05, 4.69) is 9.98 Å². The van der Waals surface area contributed by atoms with E-state index in [-0.39, 0.29) is 0 Å². The molecule has 0 heterocycles. The van der Waals surface area contributed by atoms with Crippen LogP contribution in [-0.2, 0) is 9.59 Å². The number of hydrogen-bond donors (Lipinski definition) is 0. The van der Waals surface area contributed by atoms with Gasteiger partial charge in [0, 0.05) is 6.20 Å². The first-order valence-electron chi connectivity index (χ1n) is 4.67. The summed E-state index contributed by atoms with van der Waals surface area (Å²) in [5, 5.41) is 0. The van der Waals surface area contributed by atoms with Crippen LogP contribution in [0.15, 0.2) is 22.3 Å². The van der Waals surface area contributed by atoms with Gasteiger partial charge < -0.3 is 0 Å². The summed E-state index contributed by atoms with van der Waals surface area (Å²) in [6.07, 6.45) is 11.3. The second-order valence-corrected chi connectivity index (χ2v) is 2.78. The van der Waals surface area contributed by atoms with Crippen molar-refractivity contribution in [2.75, 3.05) is 6.54 Å². The topological polar surface area (TPSA) is 58.9 Å². The molecule has 0 saturated heterocycles. The minimum absolute atomic E-state index is 0.578. The molecule has 0 amide bonds. The molecule has 0 aliphatic heterocycles. The summed E-state index contributed by atoms with van der Waals surface area (Å²) >= 11 is 0. The third-order valence-corrected chi connectivity index (χ3v) is 1.69. The van der Waals surface area contributed by atoms with Gasteiger partial charge in [-0.1, -0.05) is 18.9 Å². The van der Waals surface area contributed by atoms with Gasteiger partial charge in [-0.3, -0.25) is 0 Å². The van der Waals surface area contributed by atoms with Crippen molar-refractivity contribution in [3.63, 3.8) is 0 Å². The molecule has 0 aliphatic rings. The highest BCUT2D eigenvalue weighted by atomic mass is 16.1. The third kappa shape index (κ3) is 10.5. The van der Waals surface area contributed by atoms with Gasteiger partial charge in [0.2, 0.25) is 12.2 Å². The van der Waals surface area contributed by atoms with Crippen LogP contribution < -0.4 is 0 Å². The molecule has 0 saturated carbocycles. The van der Waals surface area contributed by atoms with Crippen molar-refractivity contribution >= 4 is 12.2 Å². The largest absolute Gasteiger partial charge is 0.239 e. The molecule has 4 nitrogen and oxygen atoms in total. The van der Waals surface area contributed by atoms with Gasteiger partial charge in [-0.15, -0.1) is 0 Å². The molecule has 0 aromatic heterocycles. The molecular formula is C10H14N2O2. The number of isocyanates is 2. The fraction of sp³-hybridized carbons (Fsp3) is 0.600. The lowest BCUT2D eigenvalue weighted by atomic mass is 10.1. The SMILES string of the molecule is O=C=NC=CCCCCCCN=C=O. The van der Waals surface area contributed by atoms with E-state index < -0.39 is 0 Å². The summed E-state index contributed by atoms with van der Waals surface area (Å²) in [6.45, 7) is 0.578. The summed E-state index contributed by atoms with van der Waals surface area (Å²) < 4.78 is 0. The van der Waals surface area contributed by atoms with E-state index >= 15 is 0 Å². The fourth-order valence-corrected chi connectivity index (χ4v) is 1.01. The van der Waals surface area contributed by atoms with Crippen molar-refractivity contribution in [3.8, 4) is 0 Å². The highest BCUT2D eigenvalue weighted by molar-refractivity contribution is 5.34. The highest BCUT2D eigenvalue weighted by Crippen LogP contribution is 2.03. The first-order valence-corrected chi connectivity index (χ1v) is 4.67. The summed E-state index contributed by atoms with van der Waals surface area (Å²) in [4.78, 5) is 26.1. The monoisotopic (exact) mass is 194 g/mol. The Kier molecular flexibility index (Phi) is 10.3. The van der Waals surface area contributed by atoms with E-state index in [1.54, 1.807) is 0 Å². The Bertz CT molecular complexity index is 249. The highest BCUT2D eigenvalue weighted by Gasteiger charge is 1.87. The lowest BCUT2D eigenvalue weighted by Gasteiger charge is -1.94. The summed E-state index contributed by atoms with van der Waals surface area (Å²) in [6, 6.07) is 0. The Balaban J connectivity index is 3.13. The van der Waals surface area contributed by atoms with Crippen LogP contribution >= 0.6 is 0 Å². The summed E-state index contributed by atoms with van der Waals surface area (Å²) in [5.41, 5.74) is 0. The Morgan fingerprint density at radius 2 is 1.79 bits per heavy atom. The zero-order valence-electron chi connectivity index (χ0n) is 8.11. The standard InChI is InChI=1S/C10H14N2O2/c13-9-11-7-5-3-1-2-4-6-8-12-10-14/h5,7H,1-4,6,8H2. The molecule has 0 fully saturated rings. The van der Waals surface area contributed by atoms with E-state index in [0.29, 0.717) is 6.54 Å². The van der Waals surface area contributed by atoms with Crippen LogP contribution in [0.3, 0.4) is 0 Å². The minimum Gasteiger partial charge on any atom is -0.211 e. The Labute approximate surface area is 83.4 Å². The number of carbonyl (C=O) groups excluding carboxylic acids is 2. The van der Waals surface area contributed by atoms with Crippen LogP contribution in [0.5, 0.6) is 0 Å². The molecule has 14 heavy (non-hydrogen) atoms. The number of unbranched alkanes of at least 4 members (excludes halogenated alkanes) is 4. The zero-order valence-corrected chi connectivity index (χ0v) is 8.11. The van der Waals surface area contributed by atoms with E-state index in [4.69, 9.17) is 0 Å².